The van der Waals surface area contributed by atoms with Gasteiger partial charge in [-0.1, -0.05) is 12.1 Å². The van der Waals surface area contributed by atoms with Crippen molar-refractivity contribution in [3.63, 3.8) is 0 Å². The third kappa shape index (κ3) is 3.70. The first kappa shape index (κ1) is 13.8. The second-order valence-electron chi connectivity index (χ2n) is 5.48. The molecule has 1 aromatic carbocycles. The lowest BCUT2D eigenvalue weighted by Crippen LogP contribution is -2.28. The molecular weight excluding hydrogens is 266 g/mol. The first-order valence-corrected chi connectivity index (χ1v) is 7.24. The maximum Gasteiger partial charge on any atom is 0.253 e. The number of aromatic nitrogens is 2. The standard InChI is InChI=1S/C16H19N3O2/c1-11(21-10-12-5-6-12)16(20)19-15-4-2-3-13(7-15)14-8-17-18-9-14/h2-4,7-9,11-12H,5-6,10H2,1H3,(H,17,18)(H,19,20)/t11-/m0/s1. The van der Waals surface area contributed by atoms with Gasteiger partial charge < -0.3 is 10.1 Å². The Morgan fingerprint density at radius 2 is 2.33 bits per heavy atom. The fourth-order valence-corrected chi connectivity index (χ4v) is 2.07. The summed E-state index contributed by atoms with van der Waals surface area (Å²) in [6, 6.07) is 7.69. The lowest BCUT2D eigenvalue weighted by atomic mass is 10.1. The van der Waals surface area contributed by atoms with Crippen LogP contribution in [0.5, 0.6) is 0 Å². The molecule has 5 nitrogen and oxygen atoms in total. The Labute approximate surface area is 123 Å². The maximum absolute atomic E-state index is 12.1. The molecule has 110 valence electrons. The Morgan fingerprint density at radius 1 is 1.48 bits per heavy atom. The summed E-state index contributed by atoms with van der Waals surface area (Å²) in [6.07, 6.45) is 5.59. The van der Waals surface area contributed by atoms with Crippen LogP contribution in [0.1, 0.15) is 19.8 Å². The molecule has 1 saturated carbocycles. The lowest BCUT2D eigenvalue weighted by Gasteiger charge is -2.13. The van der Waals surface area contributed by atoms with E-state index in [1.165, 1.54) is 12.8 Å². The van der Waals surface area contributed by atoms with E-state index in [-0.39, 0.29) is 5.91 Å². The number of aromatic amines is 1. The molecule has 1 aliphatic rings. The van der Waals surface area contributed by atoms with Gasteiger partial charge in [0.05, 0.1) is 12.8 Å². The molecule has 1 amide bonds. The fraction of sp³-hybridized carbons (Fsp3) is 0.375. The van der Waals surface area contributed by atoms with Gasteiger partial charge in [-0.05, 0) is 43.4 Å². The Kier molecular flexibility index (Phi) is 4.01. The number of hydrogen-bond donors (Lipinski definition) is 2. The third-order valence-corrected chi connectivity index (χ3v) is 3.61. The largest absolute Gasteiger partial charge is 0.368 e. The van der Waals surface area contributed by atoms with Crippen LogP contribution in [0.2, 0.25) is 0 Å². The number of hydrogen-bond acceptors (Lipinski definition) is 3. The van der Waals surface area contributed by atoms with Gasteiger partial charge in [-0.2, -0.15) is 5.10 Å². The van der Waals surface area contributed by atoms with E-state index in [9.17, 15) is 4.79 Å². The quantitative estimate of drug-likeness (QED) is 0.857. The molecule has 1 aliphatic carbocycles. The van der Waals surface area contributed by atoms with Crippen molar-refractivity contribution in [1.82, 2.24) is 10.2 Å². The van der Waals surface area contributed by atoms with Crippen molar-refractivity contribution in [3.8, 4) is 11.1 Å². The van der Waals surface area contributed by atoms with Crippen LogP contribution >= 0.6 is 0 Å². The number of anilines is 1. The number of amides is 1. The number of H-pyrrole nitrogens is 1. The number of nitrogens with zero attached hydrogens (tertiary/aromatic N) is 1. The molecule has 2 aromatic rings. The molecule has 0 saturated heterocycles. The zero-order valence-electron chi connectivity index (χ0n) is 12.0. The highest BCUT2D eigenvalue weighted by atomic mass is 16.5. The van der Waals surface area contributed by atoms with E-state index in [4.69, 9.17) is 4.74 Å². The first-order chi connectivity index (χ1) is 10.2. The van der Waals surface area contributed by atoms with E-state index in [2.05, 4.69) is 15.5 Å². The van der Waals surface area contributed by atoms with Crippen LogP contribution in [-0.2, 0) is 9.53 Å². The van der Waals surface area contributed by atoms with Crippen molar-refractivity contribution < 1.29 is 9.53 Å². The summed E-state index contributed by atoms with van der Waals surface area (Å²) < 4.78 is 5.58. The van der Waals surface area contributed by atoms with Gasteiger partial charge in [0.1, 0.15) is 6.10 Å². The maximum atomic E-state index is 12.1. The lowest BCUT2D eigenvalue weighted by molar-refractivity contribution is -0.126. The summed E-state index contributed by atoms with van der Waals surface area (Å²) in [5, 5.41) is 9.61. The molecule has 0 radical (unpaired) electrons. The van der Waals surface area contributed by atoms with Gasteiger partial charge in [-0.3, -0.25) is 9.89 Å². The van der Waals surface area contributed by atoms with Crippen LogP contribution < -0.4 is 5.32 Å². The van der Waals surface area contributed by atoms with Crippen molar-refractivity contribution in [1.29, 1.82) is 0 Å². The van der Waals surface area contributed by atoms with Crippen LogP contribution in [0, 0.1) is 5.92 Å². The van der Waals surface area contributed by atoms with Crippen LogP contribution in [0.4, 0.5) is 5.69 Å². The predicted octanol–water partition coefficient (Wildman–Crippen LogP) is 2.83. The van der Waals surface area contributed by atoms with Gasteiger partial charge in [0, 0.05) is 17.4 Å². The van der Waals surface area contributed by atoms with Gasteiger partial charge >= 0.3 is 0 Å². The minimum absolute atomic E-state index is 0.111. The second kappa shape index (κ2) is 6.10. The topological polar surface area (TPSA) is 67.0 Å². The van der Waals surface area contributed by atoms with Gasteiger partial charge in [-0.25, -0.2) is 0 Å². The molecular formula is C16H19N3O2. The molecule has 21 heavy (non-hydrogen) atoms. The molecule has 2 N–H and O–H groups in total. The fourth-order valence-electron chi connectivity index (χ4n) is 2.07. The highest BCUT2D eigenvalue weighted by Crippen LogP contribution is 2.29. The zero-order chi connectivity index (χ0) is 14.7. The Bertz CT molecular complexity index is 606. The monoisotopic (exact) mass is 285 g/mol. The van der Waals surface area contributed by atoms with E-state index in [0.29, 0.717) is 12.5 Å². The number of carbonyl (C=O) groups is 1. The summed E-state index contributed by atoms with van der Waals surface area (Å²) in [5.74, 6) is 0.546. The Balaban J connectivity index is 1.61. The minimum Gasteiger partial charge on any atom is -0.368 e. The molecule has 0 spiro atoms. The summed E-state index contributed by atoms with van der Waals surface area (Å²) in [7, 11) is 0. The van der Waals surface area contributed by atoms with Crippen LogP contribution in [-0.4, -0.2) is 28.8 Å². The van der Waals surface area contributed by atoms with Crippen molar-refractivity contribution in [3.05, 3.63) is 36.7 Å². The molecule has 1 aromatic heterocycles. The first-order valence-electron chi connectivity index (χ1n) is 7.24. The molecule has 0 unspecified atom stereocenters. The Morgan fingerprint density at radius 3 is 3.05 bits per heavy atom. The number of ether oxygens (including phenoxy) is 1. The van der Waals surface area contributed by atoms with Gasteiger partial charge in [0.25, 0.3) is 5.91 Å². The van der Waals surface area contributed by atoms with Crippen LogP contribution in [0.25, 0.3) is 11.1 Å². The smallest absolute Gasteiger partial charge is 0.253 e. The van der Waals surface area contributed by atoms with Crippen molar-refractivity contribution in [2.24, 2.45) is 5.92 Å². The molecule has 0 bridgehead atoms. The molecule has 1 heterocycles. The number of rotatable bonds is 6. The zero-order valence-corrected chi connectivity index (χ0v) is 12.0. The average molecular weight is 285 g/mol. The van der Waals surface area contributed by atoms with E-state index in [0.717, 1.165) is 16.8 Å². The van der Waals surface area contributed by atoms with Gasteiger partial charge in [0.2, 0.25) is 0 Å². The van der Waals surface area contributed by atoms with Crippen molar-refractivity contribution in [2.45, 2.75) is 25.9 Å². The molecule has 1 fully saturated rings. The predicted molar refractivity (Wildman–Crippen MR) is 80.8 cm³/mol. The van der Waals surface area contributed by atoms with E-state index in [1.807, 2.05) is 30.5 Å². The summed E-state index contributed by atoms with van der Waals surface area (Å²) in [5.41, 5.74) is 2.76. The minimum atomic E-state index is -0.428. The van der Waals surface area contributed by atoms with Crippen LogP contribution in [0.15, 0.2) is 36.7 Å². The second-order valence-corrected chi connectivity index (χ2v) is 5.48. The molecule has 5 heteroatoms. The Hall–Kier alpha value is -2.14. The summed E-state index contributed by atoms with van der Waals surface area (Å²) in [6.45, 7) is 2.47. The van der Waals surface area contributed by atoms with E-state index >= 15 is 0 Å². The summed E-state index contributed by atoms with van der Waals surface area (Å²) >= 11 is 0. The highest BCUT2D eigenvalue weighted by molar-refractivity contribution is 5.94. The average Bonchev–Trinajstić information content (AvgIpc) is 3.16. The molecule has 1 atom stereocenters. The molecule has 3 rings (SSSR count). The number of carbonyl (C=O) groups excluding carboxylic acids is 1. The van der Waals surface area contributed by atoms with Crippen molar-refractivity contribution >= 4 is 11.6 Å². The van der Waals surface area contributed by atoms with Crippen LogP contribution in [0.3, 0.4) is 0 Å². The number of nitrogens with one attached hydrogen (secondary N) is 2. The number of benzene rings is 1. The van der Waals surface area contributed by atoms with E-state index in [1.54, 1.807) is 13.1 Å². The van der Waals surface area contributed by atoms with Gasteiger partial charge in [0.15, 0.2) is 0 Å². The normalized spacial score (nSPS) is 15.7. The van der Waals surface area contributed by atoms with Crippen molar-refractivity contribution in [2.75, 3.05) is 11.9 Å². The van der Waals surface area contributed by atoms with E-state index < -0.39 is 6.10 Å². The molecule has 0 aliphatic heterocycles. The SMILES string of the molecule is C[C@H](OCC1CC1)C(=O)Nc1cccc(-c2cn[nH]c2)c1. The van der Waals surface area contributed by atoms with Gasteiger partial charge in [-0.15, -0.1) is 0 Å². The highest BCUT2D eigenvalue weighted by Gasteiger charge is 2.24. The summed E-state index contributed by atoms with van der Waals surface area (Å²) in [4.78, 5) is 12.1. The third-order valence-electron chi connectivity index (χ3n) is 3.61.